The molecule has 7 nitrogen and oxygen atoms in total. The smallest absolute Gasteiger partial charge is 0.411 e. The third-order valence-corrected chi connectivity index (χ3v) is 5.43. The van der Waals surface area contributed by atoms with Gasteiger partial charge in [-0.15, -0.1) is 0 Å². The molecule has 146 valence electrons. The number of hydrogen-bond donors (Lipinski definition) is 2. The van der Waals surface area contributed by atoms with Gasteiger partial charge in [-0.25, -0.2) is 4.79 Å². The number of nitrogens with zero attached hydrogens (tertiary/aromatic N) is 1. The Morgan fingerprint density at radius 1 is 1.15 bits per heavy atom. The standard InChI is InChI=1S/C19H24ClN3O4/c20-14-4-6-15(7-5-14)22-18(26)27-13-11-21-17(25)19(9-2-1-3-10-19)23-12-8-16(23)24/h4-7H,1-3,8-13H2,(H,21,25)(H,22,26). The molecule has 1 aliphatic heterocycles. The van der Waals surface area contributed by atoms with Crippen LogP contribution in [0.2, 0.25) is 5.02 Å². The molecular formula is C19H24ClN3O4. The maximum atomic E-state index is 12.8. The van der Waals surface area contributed by atoms with Crippen LogP contribution in [0.1, 0.15) is 38.5 Å². The van der Waals surface area contributed by atoms with Crippen LogP contribution in [0.5, 0.6) is 0 Å². The Kier molecular flexibility index (Phi) is 6.21. The molecule has 2 fully saturated rings. The van der Waals surface area contributed by atoms with Crippen molar-refractivity contribution in [1.29, 1.82) is 0 Å². The molecule has 0 aromatic heterocycles. The number of likely N-dealkylation sites (tertiary alicyclic amines) is 1. The second-order valence-electron chi connectivity index (χ2n) is 6.91. The minimum absolute atomic E-state index is 0.0469. The average Bonchev–Trinajstić information content (AvgIpc) is 2.66. The summed E-state index contributed by atoms with van der Waals surface area (Å²) in [7, 11) is 0. The highest BCUT2D eigenvalue weighted by atomic mass is 35.5. The van der Waals surface area contributed by atoms with Crippen LogP contribution < -0.4 is 10.6 Å². The second kappa shape index (κ2) is 8.61. The Morgan fingerprint density at radius 2 is 1.85 bits per heavy atom. The summed E-state index contributed by atoms with van der Waals surface area (Å²) >= 11 is 5.79. The number of amides is 3. The zero-order valence-electron chi connectivity index (χ0n) is 15.1. The Bertz CT molecular complexity index is 701. The van der Waals surface area contributed by atoms with Crippen molar-refractivity contribution < 1.29 is 19.1 Å². The molecule has 8 heteroatoms. The van der Waals surface area contributed by atoms with E-state index in [9.17, 15) is 14.4 Å². The van der Waals surface area contributed by atoms with E-state index in [2.05, 4.69) is 10.6 Å². The van der Waals surface area contributed by atoms with E-state index in [-0.39, 0.29) is 25.0 Å². The van der Waals surface area contributed by atoms with Crippen molar-refractivity contribution in [2.75, 3.05) is 25.0 Å². The normalized spacial score (nSPS) is 18.4. The number of halogens is 1. The van der Waals surface area contributed by atoms with Gasteiger partial charge in [-0.2, -0.15) is 0 Å². The highest BCUT2D eigenvalue weighted by molar-refractivity contribution is 6.30. The summed E-state index contributed by atoms with van der Waals surface area (Å²) in [6.45, 7) is 0.901. The molecule has 1 aromatic carbocycles. The highest BCUT2D eigenvalue weighted by Crippen LogP contribution is 2.37. The summed E-state index contributed by atoms with van der Waals surface area (Å²) < 4.78 is 5.09. The van der Waals surface area contributed by atoms with E-state index >= 15 is 0 Å². The summed E-state index contributed by atoms with van der Waals surface area (Å²) in [4.78, 5) is 38.2. The van der Waals surface area contributed by atoms with Gasteiger partial charge in [0.25, 0.3) is 0 Å². The van der Waals surface area contributed by atoms with Crippen molar-refractivity contribution in [3.8, 4) is 0 Å². The van der Waals surface area contributed by atoms with Crippen molar-refractivity contribution in [3.05, 3.63) is 29.3 Å². The maximum Gasteiger partial charge on any atom is 0.411 e. The first-order chi connectivity index (χ1) is 13.0. The van der Waals surface area contributed by atoms with E-state index in [0.717, 1.165) is 19.3 Å². The number of carbonyl (C=O) groups is 3. The third-order valence-electron chi connectivity index (χ3n) is 5.18. The van der Waals surface area contributed by atoms with Gasteiger partial charge in [-0.1, -0.05) is 30.9 Å². The van der Waals surface area contributed by atoms with E-state index in [1.165, 1.54) is 0 Å². The fraction of sp³-hybridized carbons (Fsp3) is 0.526. The topological polar surface area (TPSA) is 87.7 Å². The molecule has 3 rings (SSSR count). The van der Waals surface area contributed by atoms with Gasteiger partial charge in [-0.05, 0) is 37.1 Å². The minimum atomic E-state index is -0.723. The van der Waals surface area contributed by atoms with Gasteiger partial charge in [0.05, 0.1) is 6.54 Å². The van der Waals surface area contributed by atoms with Crippen LogP contribution in [-0.4, -0.2) is 48.0 Å². The van der Waals surface area contributed by atoms with Crippen molar-refractivity contribution in [2.45, 2.75) is 44.1 Å². The highest BCUT2D eigenvalue weighted by Gasteiger charge is 2.49. The third kappa shape index (κ3) is 4.53. The van der Waals surface area contributed by atoms with Gasteiger partial charge in [0.15, 0.2) is 0 Å². The van der Waals surface area contributed by atoms with Crippen LogP contribution >= 0.6 is 11.6 Å². The number of hydrogen-bond acceptors (Lipinski definition) is 4. The molecule has 2 N–H and O–H groups in total. The molecular weight excluding hydrogens is 370 g/mol. The van der Waals surface area contributed by atoms with Gasteiger partial charge in [0, 0.05) is 23.7 Å². The van der Waals surface area contributed by atoms with E-state index in [1.54, 1.807) is 29.2 Å². The second-order valence-corrected chi connectivity index (χ2v) is 7.35. The monoisotopic (exact) mass is 393 g/mol. The zero-order chi connectivity index (χ0) is 19.3. The molecule has 0 bridgehead atoms. The first-order valence-electron chi connectivity index (χ1n) is 9.29. The number of ether oxygens (including phenoxy) is 1. The van der Waals surface area contributed by atoms with Crippen LogP contribution in [0.4, 0.5) is 10.5 Å². The molecule has 1 aromatic rings. The van der Waals surface area contributed by atoms with Gasteiger partial charge in [0.1, 0.15) is 12.1 Å². The predicted molar refractivity (Wildman–Crippen MR) is 102 cm³/mol. The fourth-order valence-electron chi connectivity index (χ4n) is 3.68. The number of benzene rings is 1. The van der Waals surface area contributed by atoms with Gasteiger partial charge >= 0.3 is 6.09 Å². The largest absolute Gasteiger partial charge is 0.447 e. The number of nitrogens with one attached hydrogen (secondary N) is 2. The summed E-state index contributed by atoms with van der Waals surface area (Å²) in [6, 6.07) is 6.67. The molecule has 1 heterocycles. The van der Waals surface area contributed by atoms with E-state index in [4.69, 9.17) is 16.3 Å². The first kappa shape index (κ1) is 19.5. The number of rotatable bonds is 6. The molecule has 1 saturated heterocycles. The molecule has 0 radical (unpaired) electrons. The number of anilines is 1. The van der Waals surface area contributed by atoms with Crippen LogP contribution in [-0.2, 0) is 14.3 Å². The molecule has 0 unspecified atom stereocenters. The molecule has 1 aliphatic carbocycles. The number of carbonyl (C=O) groups excluding carboxylic acids is 3. The fourth-order valence-corrected chi connectivity index (χ4v) is 3.81. The molecule has 27 heavy (non-hydrogen) atoms. The van der Waals surface area contributed by atoms with Crippen molar-refractivity contribution in [3.63, 3.8) is 0 Å². The van der Waals surface area contributed by atoms with Crippen molar-refractivity contribution in [2.24, 2.45) is 0 Å². The molecule has 3 amide bonds. The lowest BCUT2D eigenvalue weighted by molar-refractivity contribution is -0.159. The van der Waals surface area contributed by atoms with Crippen LogP contribution in [0.25, 0.3) is 0 Å². The van der Waals surface area contributed by atoms with Crippen molar-refractivity contribution >= 4 is 35.2 Å². The Morgan fingerprint density at radius 3 is 2.44 bits per heavy atom. The molecule has 1 saturated carbocycles. The van der Waals surface area contributed by atoms with Gasteiger partial charge < -0.3 is 15.0 Å². The van der Waals surface area contributed by atoms with E-state index < -0.39 is 11.6 Å². The average molecular weight is 394 g/mol. The summed E-state index contributed by atoms with van der Waals surface area (Å²) in [5, 5.41) is 6.00. The quantitative estimate of drug-likeness (QED) is 0.574. The van der Waals surface area contributed by atoms with Crippen LogP contribution in [0.15, 0.2) is 24.3 Å². The van der Waals surface area contributed by atoms with Crippen LogP contribution in [0, 0.1) is 0 Å². The van der Waals surface area contributed by atoms with Gasteiger partial charge in [0.2, 0.25) is 11.8 Å². The maximum absolute atomic E-state index is 12.8. The number of β-lactam (4-membered cyclic amide) rings is 1. The SMILES string of the molecule is O=C(Nc1ccc(Cl)cc1)OCCNC(=O)C1(N2CCC2=O)CCCCC1. The summed E-state index contributed by atoms with van der Waals surface area (Å²) in [6.07, 6.45) is 4.28. The summed E-state index contributed by atoms with van der Waals surface area (Å²) in [5.74, 6) is -0.0948. The first-order valence-corrected chi connectivity index (χ1v) is 9.67. The van der Waals surface area contributed by atoms with E-state index in [1.807, 2.05) is 0 Å². The summed E-state index contributed by atoms with van der Waals surface area (Å²) in [5.41, 5.74) is -0.148. The lowest BCUT2D eigenvalue weighted by Crippen LogP contribution is -2.66. The molecule has 0 spiro atoms. The van der Waals surface area contributed by atoms with E-state index in [0.29, 0.717) is 36.5 Å². The molecule has 0 atom stereocenters. The predicted octanol–water partition coefficient (Wildman–Crippen LogP) is 2.94. The Labute approximate surface area is 163 Å². The Hall–Kier alpha value is -2.28. The lowest BCUT2D eigenvalue weighted by Gasteiger charge is -2.49. The minimum Gasteiger partial charge on any atom is -0.447 e. The van der Waals surface area contributed by atoms with Gasteiger partial charge in [-0.3, -0.25) is 14.9 Å². The van der Waals surface area contributed by atoms with Crippen molar-refractivity contribution in [1.82, 2.24) is 10.2 Å². The lowest BCUT2D eigenvalue weighted by atomic mass is 9.77. The Balaban J connectivity index is 1.44. The van der Waals surface area contributed by atoms with Crippen LogP contribution in [0.3, 0.4) is 0 Å². The zero-order valence-corrected chi connectivity index (χ0v) is 15.9. The molecule has 2 aliphatic rings.